The molecule has 0 aliphatic heterocycles. The Bertz CT molecular complexity index is 470. The summed E-state index contributed by atoms with van der Waals surface area (Å²) in [7, 11) is 0. The van der Waals surface area contributed by atoms with E-state index < -0.39 is 0 Å². The second kappa shape index (κ2) is 5.17. The Labute approximate surface area is 108 Å². The molecule has 0 bridgehead atoms. The van der Waals surface area contributed by atoms with Gasteiger partial charge in [-0.25, -0.2) is 0 Å². The Hall–Kier alpha value is -1.28. The highest BCUT2D eigenvalue weighted by molar-refractivity contribution is 9.11. The number of nitrogens with zero attached hydrogens (tertiary/aromatic N) is 2. The maximum absolute atomic E-state index is 9.64. The van der Waals surface area contributed by atoms with Crippen LogP contribution in [0.3, 0.4) is 0 Å². The molecule has 0 saturated heterocycles. The lowest BCUT2D eigenvalue weighted by Gasteiger charge is -2.05. The van der Waals surface area contributed by atoms with Crippen LogP contribution in [-0.4, -0.2) is 22.4 Å². The van der Waals surface area contributed by atoms with E-state index in [0.717, 1.165) is 0 Å². The maximum Gasteiger partial charge on any atom is 0.211 e. The molecule has 8 heteroatoms. The van der Waals surface area contributed by atoms with Crippen LogP contribution in [0.2, 0.25) is 0 Å². The Morgan fingerprint density at radius 1 is 1.25 bits per heavy atom. The quantitative estimate of drug-likeness (QED) is 0.364. The highest BCUT2D eigenvalue weighted by atomic mass is 79.9. The van der Waals surface area contributed by atoms with Crippen LogP contribution in [-0.2, 0) is 0 Å². The fourth-order valence-corrected chi connectivity index (χ4v) is 2.03. The van der Waals surface area contributed by atoms with Gasteiger partial charge in [0.2, 0.25) is 5.96 Å². The van der Waals surface area contributed by atoms with Gasteiger partial charge >= 0.3 is 0 Å². The standard InChI is InChI=1S/C8H8Br2N4O2/c9-4-1-3(2-13-14-8(11)12)6(15)5(10)7(4)16/h1-2,15-16H,(H4,11,12,14)/b13-2-. The van der Waals surface area contributed by atoms with Crippen LogP contribution in [0.1, 0.15) is 5.56 Å². The van der Waals surface area contributed by atoms with E-state index >= 15 is 0 Å². The molecule has 86 valence electrons. The lowest BCUT2D eigenvalue weighted by atomic mass is 10.2. The van der Waals surface area contributed by atoms with Gasteiger partial charge in [-0.15, -0.1) is 5.10 Å². The lowest BCUT2D eigenvalue weighted by molar-refractivity contribution is 0.442. The molecular formula is C8H8Br2N4O2. The van der Waals surface area contributed by atoms with Gasteiger partial charge in [-0.3, -0.25) is 0 Å². The number of halogens is 2. The van der Waals surface area contributed by atoms with E-state index in [1.807, 2.05) is 0 Å². The molecular weight excluding hydrogens is 344 g/mol. The fraction of sp³-hybridized carbons (Fsp3) is 0. The van der Waals surface area contributed by atoms with E-state index in [4.69, 9.17) is 11.5 Å². The van der Waals surface area contributed by atoms with Crippen molar-refractivity contribution < 1.29 is 10.2 Å². The number of aromatic hydroxyl groups is 2. The molecule has 0 aliphatic rings. The molecule has 0 atom stereocenters. The maximum atomic E-state index is 9.64. The third-order valence-electron chi connectivity index (χ3n) is 1.57. The van der Waals surface area contributed by atoms with Gasteiger partial charge in [-0.2, -0.15) is 5.10 Å². The van der Waals surface area contributed by atoms with Crippen molar-refractivity contribution in [3.63, 3.8) is 0 Å². The van der Waals surface area contributed by atoms with Crippen molar-refractivity contribution >= 4 is 44.0 Å². The Kier molecular flexibility index (Phi) is 4.13. The van der Waals surface area contributed by atoms with Gasteiger partial charge in [-0.05, 0) is 37.9 Å². The predicted octanol–water partition coefficient (Wildman–Crippen LogP) is 1.23. The molecule has 16 heavy (non-hydrogen) atoms. The Balaban J connectivity index is 3.16. The first-order valence-electron chi connectivity index (χ1n) is 3.95. The van der Waals surface area contributed by atoms with Crippen LogP contribution >= 0.6 is 31.9 Å². The number of phenols is 2. The zero-order valence-corrected chi connectivity index (χ0v) is 11.0. The summed E-state index contributed by atoms with van der Waals surface area (Å²) in [5, 5.41) is 26.0. The summed E-state index contributed by atoms with van der Waals surface area (Å²) >= 11 is 6.14. The zero-order valence-electron chi connectivity index (χ0n) is 7.85. The molecule has 1 rings (SSSR count). The molecule has 0 heterocycles. The van der Waals surface area contributed by atoms with Crippen molar-refractivity contribution in [1.29, 1.82) is 0 Å². The number of rotatable bonds is 2. The zero-order chi connectivity index (χ0) is 12.3. The highest BCUT2D eigenvalue weighted by Gasteiger charge is 2.12. The minimum Gasteiger partial charge on any atom is -0.506 e. The van der Waals surface area contributed by atoms with Crippen LogP contribution < -0.4 is 11.5 Å². The van der Waals surface area contributed by atoms with Crippen molar-refractivity contribution in [2.24, 2.45) is 21.7 Å². The van der Waals surface area contributed by atoms with Crippen molar-refractivity contribution in [2.45, 2.75) is 0 Å². The summed E-state index contributed by atoms with van der Waals surface area (Å²) in [6, 6.07) is 1.47. The topological polar surface area (TPSA) is 117 Å². The lowest BCUT2D eigenvalue weighted by Crippen LogP contribution is -2.21. The summed E-state index contributed by atoms with van der Waals surface area (Å²) in [5.41, 5.74) is 10.5. The normalized spacial score (nSPS) is 10.6. The molecule has 6 nitrogen and oxygen atoms in total. The van der Waals surface area contributed by atoms with E-state index in [2.05, 4.69) is 42.1 Å². The largest absolute Gasteiger partial charge is 0.506 e. The van der Waals surface area contributed by atoms with Gasteiger partial charge in [0.25, 0.3) is 0 Å². The monoisotopic (exact) mass is 350 g/mol. The first-order chi connectivity index (χ1) is 7.43. The number of phenolic OH excluding ortho intramolecular Hbond substituents is 2. The van der Waals surface area contributed by atoms with E-state index in [1.54, 1.807) is 0 Å². The molecule has 0 saturated carbocycles. The SMILES string of the molecule is NC(N)=N/N=C\c1cc(Br)c(O)c(Br)c1O. The number of benzene rings is 1. The molecule has 0 aromatic heterocycles. The molecule has 1 aromatic carbocycles. The summed E-state index contributed by atoms with van der Waals surface area (Å²) in [6.45, 7) is 0. The molecule has 0 amide bonds. The van der Waals surface area contributed by atoms with E-state index in [9.17, 15) is 10.2 Å². The molecule has 0 unspecified atom stereocenters. The van der Waals surface area contributed by atoms with Gasteiger partial charge in [0.05, 0.1) is 10.7 Å². The van der Waals surface area contributed by atoms with Crippen LogP contribution in [0.25, 0.3) is 0 Å². The fourth-order valence-electron chi connectivity index (χ4n) is 0.873. The van der Waals surface area contributed by atoms with E-state index in [-0.39, 0.29) is 21.9 Å². The Morgan fingerprint density at radius 3 is 2.44 bits per heavy atom. The average molecular weight is 352 g/mol. The van der Waals surface area contributed by atoms with Crippen molar-refractivity contribution in [1.82, 2.24) is 0 Å². The molecule has 0 radical (unpaired) electrons. The molecule has 0 fully saturated rings. The van der Waals surface area contributed by atoms with Gasteiger partial charge in [0.15, 0.2) is 0 Å². The van der Waals surface area contributed by atoms with Gasteiger partial charge in [0, 0.05) is 5.56 Å². The summed E-state index contributed by atoms with van der Waals surface area (Å²) in [5.74, 6) is -0.445. The Morgan fingerprint density at radius 2 is 1.88 bits per heavy atom. The smallest absolute Gasteiger partial charge is 0.211 e. The summed E-state index contributed by atoms with van der Waals surface area (Å²) in [4.78, 5) is 0. The minimum absolute atomic E-state index is 0.100. The molecule has 1 aromatic rings. The third kappa shape index (κ3) is 2.86. The van der Waals surface area contributed by atoms with Crippen molar-refractivity contribution in [2.75, 3.05) is 0 Å². The van der Waals surface area contributed by atoms with E-state index in [0.29, 0.717) is 10.0 Å². The summed E-state index contributed by atoms with van der Waals surface area (Å²) < 4.78 is 0.566. The van der Waals surface area contributed by atoms with Gasteiger partial charge in [0.1, 0.15) is 16.0 Å². The average Bonchev–Trinajstić information content (AvgIpc) is 2.22. The summed E-state index contributed by atoms with van der Waals surface area (Å²) in [6.07, 6.45) is 1.25. The minimum atomic E-state index is -0.187. The number of hydrogen-bond acceptors (Lipinski definition) is 4. The molecule has 6 N–H and O–H groups in total. The van der Waals surface area contributed by atoms with Gasteiger partial charge in [-0.1, -0.05) is 0 Å². The highest BCUT2D eigenvalue weighted by Crippen LogP contribution is 2.40. The predicted molar refractivity (Wildman–Crippen MR) is 68.6 cm³/mol. The number of guanidine groups is 1. The van der Waals surface area contributed by atoms with Crippen LogP contribution in [0.15, 0.2) is 25.2 Å². The number of nitrogens with two attached hydrogens (primary N) is 2. The number of hydrogen-bond donors (Lipinski definition) is 4. The second-order valence-corrected chi connectivity index (χ2v) is 4.38. The molecule has 0 aliphatic carbocycles. The first-order valence-corrected chi connectivity index (χ1v) is 5.54. The van der Waals surface area contributed by atoms with Crippen LogP contribution in [0.4, 0.5) is 0 Å². The second-order valence-electron chi connectivity index (χ2n) is 2.73. The third-order valence-corrected chi connectivity index (χ3v) is 2.92. The van der Waals surface area contributed by atoms with Crippen LogP contribution in [0.5, 0.6) is 11.5 Å². The van der Waals surface area contributed by atoms with E-state index in [1.165, 1.54) is 12.3 Å². The van der Waals surface area contributed by atoms with Crippen molar-refractivity contribution in [3.8, 4) is 11.5 Å². The van der Waals surface area contributed by atoms with Gasteiger partial charge < -0.3 is 21.7 Å². The molecule has 0 spiro atoms. The van der Waals surface area contributed by atoms with Crippen LogP contribution in [0, 0.1) is 0 Å². The first kappa shape index (κ1) is 12.8. The van der Waals surface area contributed by atoms with Crippen molar-refractivity contribution in [3.05, 3.63) is 20.6 Å².